The highest BCUT2D eigenvalue weighted by atomic mass is 35.5. The van der Waals surface area contributed by atoms with Crippen LogP contribution in [0.5, 0.6) is 5.75 Å². The first-order valence-electron chi connectivity index (χ1n) is 8.31. The van der Waals surface area contributed by atoms with Crippen LogP contribution in [0.3, 0.4) is 0 Å². The van der Waals surface area contributed by atoms with Gasteiger partial charge < -0.3 is 14.7 Å². The van der Waals surface area contributed by atoms with E-state index in [1.165, 1.54) is 11.3 Å². The van der Waals surface area contributed by atoms with Crippen LogP contribution in [-0.4, -0.2) is 40.0 Å². The summed E-state index contributed by atoms with van der Waals surface area (Å²) in [5.74, 6) is -0.537. The third-order valence-electron chi connectivity index (χ3n) is 4.34. The number of carbonyl (C=O) groups is 2. The van der Waals surface area contributed by atoms with Crippen molar-refractivity contribution in [3.8, 4) is 5.75 Å². The van der Waals surface area contributed by atoms with Gasteiger partial charge in [-0.15, -0.1) is 11.3 Å². The van der Waals surface area contributed by atoms with E-state index in [4.69, 9.17) is 21.4 Å². The average molecular weight is 395 g/mol. The zero-order valence-electron chi connectivity index (χ0n) is 14.3. The Hall–Kier alpha value is -2.12. The zero-order chi connectivity index (χ0) is 18.7. The lowest BCUT2D eigenvalue weighted by Crippen LogP contribution is -2.40. The predicted octanol–water partition coefficient (Wildman–Crippen LogP) is 3.62. The molecule has 0 spiro atoms. The predicted molar refractivity (Wildman–Crippen MR) is 98.9 cm³/mol. The monoisotopic (exact) mass is 394 g/mol. The van der Waals surface area contributed by atoms with E-state index in [1.54, 1.807) is 36.1 Å². The number of aliphatic carboxylic acids is 1. The number of hydrogen-bond donors (Lipinski definition) is 1. The first-order chi connectivity index (χ1) is 12.4. The molecule has 1 amide bonds. The van der Waals surface area contributed by atoms with Gasteiger partial charge in [-0.3, -0.25) is 9.59 Å². The number of carboxylic acid groups (broad SMARTS) is 1. The Balaban J connectivity index is 1.61. The van der Waals surface area contributed by atoms with Crippen LogP contribution in [0.2, 0.25) is 5.02 Å². The fourth-order valence-electron chi connectivity index (χ4n) is 2.86. The van der Waals surface area contributed by atoms with Crippen molar-refractivity contribution >= 4 is 34.8 Å². The van der Waals surface area contributed by atoms with Crippen molar-refractivity contribution in [2.45, 2.75) is 26.4 Å². The molecule has 2 aromatic rings. The Bertz CT molecular complexity index is 798. The molecule has 3 rings (SSSR count). The topological polar surface area (TPSA) is 79.7 Å². The van der Waals surface area contributed by atoms with E-state index in [-0.39, 0.29) is 18.4 Å². The standard InChI is InChI=1S/C18H19ClN2O4S/c1-11-16(17(22)21-8-6-12(7-9-21)18(23)24)26-15(20-11)10-25-14-4-2-13(19)3-5-14/h2-5,12H,6-10H2,1H3,(H,23,24). The van der Waals surface area contributed by atoms with Crippen LogP contribution in [0.15, 0.2) is 24.3 Å². The Morgan fingerprint density at radius 1 is 1.31 bits per heavy atom. The van der Waals surface area contributed by atoms with Crippen LogP contribution in [0.1, 0.15) is 33.2 Å². The Morgan fingerprint density at radius 3 is 2.58 bits per heavy atom. The number of carbonyl (C=O) groups excluding carboxylic acids is 1. The molecule has 0 atom stereocenters. The molecule has 1 aliphatic heterocycles. The lowest BCUT2D eigenvalue weighted by atomic mass is 9.97. The summed E-state index contributed by atoms with van der Waals surface area (Å²) in [4.78, 5) is 30.5. The number of aromatic nitrogens is 1. The molecule has 1 fully saturated rings. The Morgan fingerprint density at radius 2 is 1.96 bits per heavy atom. The number of piperidine rings is 1. The van der Waals surface area contributed by atoms with Gasteiger partial charge in [0.15, 0.2) is 0 Å². The summed E-state index contributed by atoms with van der Waals surface area (Å²) in [5.41, 5.74) is 0.676. The molecule has 6 nitrogen and oxygen atoms in total. The summed E-state index contributed by atoms with van der Waals surface area (Å²) >= 11 is 7.17. The molecular formula is C18H19ClN2O4S. The van der Waals surface area contributed by atoms with Crippen molar-refractivity contribution in [3.63, 3.8) is 0 Å². The van der Waals surface area contributed by atoms with Crippen LogP contribution < -0.4 is 4.74 Å². The molecule has 8 heteroatoms. The van der Waals surface area contributed by atoms with Gasteiger partial charge in [-0.05, 0) is 44.0 Å². The summed E-state index contributed by atoms with van der Waals surface area (Å²) in [7, 11) is 0. The number of ether oxygens (including phenoxy) is 1. The molecule has 0 radical (unpaired) electrons. The second-order valence-electron chi connectivity index (χ2n) is 6.17. The van der Waals surface area contributed by atoms with Gasteiger partial charge in [-0.1, -0.05) is 11.6 Å². The van der Waals surface area contributed by atoms with Crippen molar-refractivity contribution in [1.82, 2.24) is 9.88 Å². The molecule has 0 saturated carbocycles. The molecule has 1 saturated heterocycles. The molecule has 1 aromatic carbocycles. The lowest BCUT2D eigenvalue weighted by molar-refractivity contribution is -0.143. The zero-order valence-corrected chi connectivity index (χ0v) is 15.8. The van der Waals surface area contributed by atoms with E-state index in [2.05, 4.69) is 4.98 Å². The third-order valence-corrected chi connectivity index (χ3v) is 5.71. The van der Waals surface area contributed by atoms with Crippen molar-refractivity contribution in [1.29, 1.82) is 0 Å². The lowest BCUT2D eigenvalue weighted by Gasteiger charge is -2.29. The van der Waals surface area contributed by atoms with Gasteiger partial charge in [0.1, 0.15) is 22.2 Å². The molecule has 0 unspecified atom stereocenters. The molecule has 0 bridgehead atoms. The van der Waals surface area contributed by atoms with Gasteiger partial charge in [0.05, 0.1) is 11.6 Å². The van der Waals surface area contributed by atoms with E-state index in [0.717, 1.165) is 5.01 Å². The minimum atomic E-state index is -0.785. The molecule has 1 aromatic heterocycles. The molecule has 1 N–H and O–H groups in total. The smallest absolute Gasteiger partial charge is 0.306 e. The van der Waals surface area contributed by atoms with Gasteiger partial charge in [0.2, 0.25) is 0 Å². The number of hydrogen-bond acceptors (Lipinski definition) is 5. The molecule has 138 valence electrons. The van der Waals surface area contributed by atoms with Crippen LogP contribution in [0, 0.1) is 12.8 Å². The Labute approximate surface area is 160 Å². The quantitative estimate of drug-likeness (QED) is 0.837. The summed E-state index contributed by atoms with van der Waals surface area (Å²) in [5, 5.41) is 10.4. The van der Waals surface area contributed by atoms with E-state index in [0.29, 0.717) is 47.3 Å². The number of amides is 1. The van der Waals surface area contributed by atoms with Gasteiger partial charge >= 0.3 is 5.97 Å². The maximum absolute atomic E-state index is 12.7. The fraction of sp³-hybridized carbons (Fsp3) is 0.389. The van der Waals surface area contributed by atoms with Gasteiger partial charge in [0.25, 0.3) is 5.91 Å². The second kappa shape index (κ2) is 8.05. The van der Waals surface area contributed by atoms with Gasteiger partial charge in [-0.2, -0.15) is 0 Å². The number of halogens is 1. The fourth-order valence-corrected chi connectivity index (χ4v) is 3.93. The number of thiazole rings is 1. The highest BCUT2D eigenvalue weighted by Crippen LogP contribution is 2.25. The normalized spacial score (nSPS) is 15.1. The van der Waals surface area contributed by atoms with Crippen LogP contribution in [0.25, 0.3) is 0 Å². The molecule has 2 heterocycles. The number of carboxylic acids is 1. The van der Waals surface area contributed by atoms with Crippen LogP contribution in [0.4, 0.5) is 0 Å². The third kappa shape index (κ3) is 4.34. The molecular weight excluding hydrogens is 376 g/mol. The minimum absolute atomic E-state index is 0.0819. The average Bonchev–Trinajstić information content (AvgIpc) is 3.01. The van der Waals surface area contributed by atoms with Crippen molar-refractivity contribution < 1.29 is 19.4 Å². The van der Waals surface area contributed by atoms with Crippen LogP contribution >= 0.6 is 22.9 Å². The minimum Gasteiger partial charge on any atom is -0.486 e. The van der Waals surface area contributed by atoms with Crippen LogP contribution in [-0.2, 0) is 11.4 Å². The number of benzene rings is 1. The summed E-state index contributed by atoms with van der Waals surface area (Å²) in [6, 6.07) is 7.06. The number of likely N-dealkylation sites (tertiary alicyclic amines) is 1. The van der Waals surface area contributed by atoms with E-state index >= 15 is 0 Å². The van der Waals surface area contributed by atoms with Gasteiger partial charge in [-0.25, -0.2) is 4.98 Å². The van der Waals surface area contributed by atoms with Gasteiger partial charge in [0, 0.05) is 18.1 Å². The van der Waals surface area contributed by atoms with Crippen molar-refractivity contribution in [3.05, 3.63) is 44.9 Å². The van der Waals surface area contributed by atoms with E-state index < -0.39 is 5.97 Å². The number of aryl methyl sites for hydroxylation is 1. The van der Waals surface area contributed by atoms with Crippen molar-refractivity contribution in [2.24, 2.45) is 5.92 Å². The summed E-state index contributed by atoms with van der Waals surface area (Å²) < 4.78 is 5.68. The number of nitrogens with zero attached hydrogens (tertiary/aromatic N) is 2. The van der Waals surface area contributed by atoms with Crippen molar-refractivity contribution in [2.75, 3.05) is 13.1 Å². The largest absolute Gasteiger partial charge is 0.486 e. The molecule has 1 aliphatic rings. The summed E-state index contributed by atoms with van der Waals surface area (Å²) in [6.45, 7) is 3.01. The number of rotatable bonds is 5. The Kier molecular flexibility index (Phi) is 5.78. The first-order valence-corrected chi connectivity index (χ1v) is 9.50. The first kappa shape index (κ1) is 18.7. The maximum Gasteiger partial charge on any atom is 0.306 e. The van der Waals surface area contributed by atoms with E-state index in [9.17, 15) is 9.59 Å². The van der Waals surface area contributed by atoms with E-state index in [1.807, 2.05) is 0 Å². The highest BCUT2D eigenvalue weighted by Gasteiger charge is 2.29. The molecule has 0 aliphatic carbocycles. The SMILES string of the molecule is Cc1nc(COc2ccc(Cl)cc2)sc1C(=O)N1CCC(C(=O)O)CC1. The summed E-state index contributed by atoms with van der Waals surface area (Å²) in [6.07, 6.45) is 0.983. The second-order valence-corrected chi connectivity index (χ2v) is 7.69. The molecule has 26 heavy (non-hydrogen) atoms. The highest BCUT2D eigenvalue weighted by molar-refractivity contribution is 7.13. The maximum atomic E-state index is 12.7.